The molecule has 0 spiro atoms. The Morgan fingerprint density at radius 2 is 1.57 bits per heavy atom. The van der Waals surface area contributed by atoms with Crippen LogP contribution in [-0.4, -0.2) is 47.1 Å². The van der Waals surface area contributed by atoms with Crippen molar-refractivity contribution >= 4 is 11.8 Å². The number of carbonyl (C=O) groups excluding carboxylic acids is 2. The number of rotatable bonds is 11. The first-order valence-electron chi connectivity index (χ1n) is 15.1. The van der Waals surface area contributed by atoms with Crippen molar-refractivity contribution in [2.75, 3.05) is 13.1 Å². The van der Waals surface area contributed by atoms with Gasteiger partial charge in [-0.1, -0.05) is 66.7 Å². The summed E-state index contributed by atoms with van der Waals surface area (Å²) >= 11 is 0. The lowest BCUT2D eigenvalue weighted by molar-refractivity contribution is -0.137. The normalized spacial score (nSPS) is 16.2. The van der Waals surface area contributed by atoms with Crippen LogP contribution in [0.15, 0.2) is 103 Å². The van der Waals surface area contributed by atoms with E-state index in [1.165, 1.54) is 24.3 Å². The smallest absolute Gasteiger partial charge is 0.390 e. The van der Waals surface area contributed by atoms with Crippen molar-refractivity contribution in [3.05, 3.63) is 142 Å². The highest BCUT2D eigenvalue weighted by Crippen LogP contribution is 2.33. The van der Waals surface area contributed by atoms with Crippen molar-refractivity contribution < 1.29 is 32.3 Å². The standard InChI is InChI=1S/C36H35F4N3O3/c37-30-16-14-26(15-17-30)32-13-6-18-43(32)35(46)28-11-5-10-27(21-28)34(45)42-31(20-24-7-2-1-3-8-24)33(44)23-41-22-25-9-4-12-29(19-25)36(38,39)40/h1-5,7-12,14-17,19,21,31-33,41,44H,6,13,18,20,22-23H2,(H,42,45). The number of carbonyl (C=O) groups is 2. The summed E-state index contributed by atoms with van der Waals surface area (Å²) in [6, 6.07) is 25.8. The molecule has 0 bridgehead atoms. The van der Waals surface area contributed by atoms with Crippen molar-refractivity contribution in [1.82, 2.24) is 15.5 Å². The van der Waals surface area contributed by atoms with Crippen LogP contribution in [0.2, 0.25) is 0 Å². The molecule has 4 aromatic rings. The minimum atomic E-state index is -4.46. The highest BCUT2D eigenvalue weighted by molar-refractivity contribution is 6.00. The van der Waals surface area contributed by atoms with E-state index in [1.54, 1.807) is 41.3 Å². The van der Waals surface area contributed by atoms with E-state index in [9.17, 15) is 32.3 Å². The van der Waals surface area contributed by atoms with Gasteiger partial charge in [0.15, 0.2) is 0 Å². The van der Waals surface area contributed by atoms with E-state index in [4.69, 9.17) is 0 Å². The number of alkyl halides is 3. The molecular formula is C36H35F4N3O3. The maximum atomic E-state index is 13.6. The molecule has 2 amide bonds. The lowest BCUT2D eigenvalue weighted by Gasteiger charge is -2.26. The molecule has 1 aliphatic rings. The first kappa shape index (κ1) is 32.8. The molecule has 46 heavy (non-hydrogen) atoms. The summed E-state index contributed by atoms with van der Waals surface area (Å²) < 4.78 is 52.8. The maximum absolute atomic E-state index is 13.6. The van der Waals surface area contributed by atoms with E-state index < -0.39 is 29.8 Å². The Labute approximate surface area is 265 Å². The Morgan fingerprint density at radius 1 is 0.870 bits per heavy atom. The molecular weight excluding hydrogens is 598 g/mol. The molecule has 5 rings (SSSR count). The van der Waals surface area contributed by atoms with Gasteiger partial charge in [-0.25, -0.2) is 4.39 Å². The summed E-state index contributed by atoms with van der Waals surface area (Å²) in [5, 5.41) is 17.0. The molecule has 0 radical (unpaired) electrons. The van der Waals surface area contributed by atoms with Gasteiger partial charge < -0.3 is 20.6 Å². The highest BCUT2D eigenvalue weighted by Gasteiger charge is 2.32. The van der Waals surface area contributed by atoms with Crippen LogP contribution >= 0.6 is 0 Å². The van der Waals surface area contributed by atoms with Crippen molar-refractivity contribution in [1.29, 1.82) is 0 Å². The summed E-state index contributed by atoms with van der Waals surface area (Å²) in [5.74, 6) is -1.06. The molecule has 240 valence electrons. The fourth-order valence-corrected chi connectivity index (χ4v) is 5.77. The van der Waals surface area contributed by atoms with Crippen LogP contribution in [0.5, 0.6) is 0 Å². The van der Waals surface area contributed by atoms with Gasteiger partial charge in [0.1, 0.15) is 5.82 Å². The van der Waals surface area contributed by atoms with Crippen LogP contribution in [0.3, 0.4) is 0 Å². The third-order valence-corrected chi connectivity index (χ3v) is 8.16. The molecule has 4 aromatic carbocycles. The van der Waals surface area contributed by atoms with Gasteiger partial charge in [-0.15, -0.1) is 0 Å². The van der Waals surface area contributed by atoms with Gasteiger partial charge in [-0.05, 0) is 72.4 Å². The number of aliphatic hydroxyl groups excluding tert-OH is 1. The Morgan fingerprint density at radius 3 is 2.30 bits per heavy atom. The summed E-state index contributed by atoms with van der Waals surface area (Å²) in [6.07, 6.45) is -3.69. The third kappa shape index (κ3) is 8.38. The quantitative estimate of drug-likeness (QED) is 0.169. The van der Waals surface area contributed by atoms with Gasteiger partial charge in [0.2, 0.25) is 0 Å². The van der Waals surface area contributed by atoms with Crippen molar-refractivity contribution in [2.24, 2.45) is 0 Å². The molecule has 1 fully saturated rings. The molecule has 6 nitrogen and oxygen atoms in total. The number of nitrogens with one attached hydrogen (secondary N) is 2. The van der Waals surface area contributed by atoms with E-state index in [2.05, 4.69) is 10.6 Å². The first-order chi connectivity index (χ1) is 22.1. The minimum absolute atomic E-state index is 0.00624. The van der Waals surface area contributed by atoms with Gasteiger partial charge in [-0.3, -0.25) is 9.59 Å². The van der Waals surface area contributed by atoms with Gasteiger partial charge >= 0.3 is 6.18 Å². The SMILES string of the molecule is O=C(NC(Cc1ccccc1)C(O)CNCc1cccc(C(F)(F)F)c1)c1cccc(C(=O)N2CCCC2c2ccc(F)cc2)c1. The molecule has 0 aliphatic carbocycles. The molecule has 3 atom stereocenters. The van der Waals surface area contributed by atoms with Gasteiger partial charge in [-0.2, -0.15) is 13.2 Å². The van der Waals surface area contributed by atoms with E-state index >= 15 is 0 Å². The molecule has 3 unspecified atom stereocenters. The topological polar surface area (TPSA) is 81.7 Å². The van der Waals surface area contributed by atoms with E-state index in [-0.39, 0.29) is 36.4 Å². The Kier molecular flexibility index (Phi) is 10.5. The van der Waals surface area contributed by atoms with E-state index in [0.29, 0.717) is 24.1 Å². The predicted molar refractivity (Wildman–Crippen MR) is 166 cm³/mol. The number of benzene rings is 4. The van der Waals surface area contributed by atoms with Crippen LogP contribution in [-0.2, 0) is 19.1 Å². The van der Waals surface area contributed by atoms with Crippen LogP contribution in [0.1, 0.15) is 61.9 Å². The lowest BCUT2D eigenvalue weighted by atomic mass is 10.00. The lowest BCUT2D eigenvalue weighted by Crippen LogP contribution is -2.48. The Balaban J connectivity index is 1.27. The average molecular weight is 634 g/mol. The largest absolute Gasteiger partial charge is 0.416 e. The summed E-state index contributed by atoms with van der Waals surface area (Å²) in [5.41, 5.74) is 1.95. The van der Waals surface area contributed by atoms with E-state index in [1.807, 2.05) is 30.3 Å². The molecule has 1 aliphatic heterocycles. The molecule has 10 heteroatoms. The number of aliphatic hydroxyl groups is 1. The summed E-state index contributed by atoms with van der Waals surface area (Å²) in [6.45, 7) is 0.634. The molecule has 0 aromatic heterocycles. The van der Waals surface area contributed by atoms with E-state index in [0.717, 1.165) is 36.1 Å². The van der Waals surface area contributed by atoms with Gasteiger partial charge in [0.05, 0.1) is 23.8 Å². The zero-order chi connectivity index (χ0) is 32.7. The maximum Gasteiger partial charge on any atom is 0.416 e. The molecule has 3 N–H and O–H groups in total. The average Bonchev–Trinajstić information content (AvgIpc) is 3.55. The Hall–Kier alpha value is -4.54. The minimum Gasteiger partial charge on any atom is -0.390 e. The fraction of sp³-hybridized carbons (Fsp3) is 0.278. The summed E-state index contributed by atoms with van der Waals surface area (Å²) in [7, 11) is 0. The van der Waals surface area contributed by atoms with Crippen LogP contribution in [0, 0.1) is 5.82 Å². The molecule has 0 saturated carbocycles. The van der Waals surface area contributed by atoms with Crippen molar-refractivity contribution in [3.63, 3.8) is 0 Å². The van der Waals surface area contributed by atoms with Crippen LogP contribution in [0.25, 0.3) is 0 Å². The summed E-state index contributed by atoms with van der Waals surface area (Å²) in [4.78, 5) is 28.8. The van der Waals surface area contributed by atoms with Crippen molar-refractivity contribution in [3.8, 4) is 0 Å². The zero-order valence-electron chi connectivity index (χ0n) is 25.0. The number of halogens is 4. The number of hydrogen-bond acceptors (Lipinski definition) is 4. The number of hydrogen-bond donors (Lipinski definition) is 3. The van der Waals surface area contributed by atoms with Gasteiger partial charge in [0.25, 0.3) is 11.8 Å². The number of likely N-dealkylation sites (tertiary alicyclic amines) is 1. The molecule has 1 heterocycles. The number of nitrogens with zero attached hydrogens (tertiary/aromatic N) is 1. The number of amides is 2. The third-order valence-electron chi connectivity index (χ3n) is 8.16. The monoisotopic (exact) mass is 633 g/mol. The van der Waals surface area contributed by atoms with Crippen molar-refractivity contribution in [2.45, 2.75) is 50.2 Å². The van der Waals surface area contributed by atoms with Crippen LogP contribution < -0.4 is 10.6 Å². The fourth-order valence-electron chi connectivity index (χ4n) is 5.77. The van der Waals surface area contributed by atoms with Gasteiger partial charge in [0, 0.05) is 30.8 Å². The Bertz CT molecular complexity index is 1630. The first-order valence-corrected chi connectivity index (χ1v) is 15.1. The predicted octanol–water partition coefficient (Wildman–Crippen LogP) is 6.31. The van der Waals surface area contributed by atoms with Crippen LogP contribution in [0.4, 0.5) is 17.6 Å². The second-order valence-corrected chi connectivity index (χ2v) is 11.5. The second kappa shape index (κ2) is 14.7. The highest BCUT2D eigenvalue weighted by atomic mass is 19.4. The molecule has 1 saturated heterocycles. The second-order valence-electron chi connectivity index (χ2n) is 11.5. The zero-order valence-corrected chi connectivity index (χ0v) is 25.0.